The summed E-state index contributed by atoms with van der Waals surface area (Å²) in [6, 6.07) is 2.53. The van der Waals surface area contributed by atoms with Crippen LogP contribution >= 0.6 is 0 Å². The van der Waals surface area contributed by atoms with Crippen LogP contribution in [0.15, 0.2) is 18.3 Å². The molecule has 4 nitrogen and oxygen atoms in total. The second kappa shape index (κ2) is 4.60. The van der Waals surface area contributed by atoms with Gasteiger partial charge in [-0.2, -0.15) is 0 Å². The van der Waals surface area contributed by atoms with E-state index in [2.05, 4.69) is 9.72 Å². The van der Waals surface area contributed by atoms with Crippen LogP contribution in [0.4, 0.5) is 4.39 Å². The van der Waals surface area contributed by atoms with E-state index in [9.17, 15) is 14.0 Å². The second-order valence-electron chi connectivity index (χ2n) is 3.90. The van der Waals surface area contributed by atoms with E-state index in [1.165, 1.54) is 6.07 Å². The maximum absolute atomic E-state index is 13.7. The fraction of sp³-hybridized carbons (Fsp3) is 0.231. The predicted octanol–water partition coefficient (Wildman–Crippen LogP) is 2.36. The summed E-state index contributed by atoms with van der Waals surface area (Å²) in [5.41, 5.74) is 1.14. The maximum Gasteiger partial charge on any atom is 0.379 e. The van der Waals surface area contributed by atoms with Crippen molar-refractivity contribution in [3.05, 3.63) is 35.3 Å². The molecule has 0 aliphatic rings. The first-order chi connectivity index (χ1) is 8.54. The van der Waals surface area contributed by atoms with E-state index in [0.717, 1.165) is 11.6 Å². The molecule has 1 N–H and O–H groups in total. The second-order valence-corrected chi connectivity index (χ2v) is 3.90. The highest BCUT2D eigenvalue weighted by Gasteiger charge is 2.20. The number of aromatic amines is 1. The monoisotopic (exact) mass is 249 g/mol. The first-order valence-corrected chi connectivity index (χ1v) is 5.53. The Bertz CT molecular complexity index is 630. The molecule has 5 heteroatoms. The number of aryl methyl sites for hydroxylation is 1. The van der Waals surface area contributed by atoms with E-state index >= 15 is 0 Å². The van der Waals surface area contributed by atoms with Gasteiger partial charge in [0.15, 0.2) is 0 Å². The fourth-order valence-electron chi connectivity index (χ4n) is 1.77. The molecule has 94 valence electrons. The van der Waals surface area contributed by atoms with Gasteiger partial charge in [-0.3, -0.25) is 4.79 Å². The summed E-state index contributed by atoms with van der Waals surface area (Å²) < 4.78 is 18.3. The molecule has 0 saturated carbocycles. The van der Waals surface area contributed by atoms with E-state index in [1.54, 1.807) is 20.0 Å². The summed E-state index contributed by atoms with van der Waals surface area (Å²) >= 11 is 0. The molecular weight excluding hydrogens is 237 g/mol. The number of halogens is 1. The van der Waals surface area contributed by atoms with Gasteiger partial charge in [0.2, 0.25) is 0 Å². The molecule has 0 saturated heterocycles. The number of esters is 1. The number of Topliss-reactive ketones (excluding diaryl/α,β-unsaturated/α-hetero) is 1. The molecule has 0 unspecified atom stereocenters. The lowest BCUT2D eigenvalue weighted by Gasteiger charge is -2.02. The summed E-state index contributed by atoms with van der Waals surface area (Å²) in [7, 11) is 0. The van der Waals surface area contributed by atoms with Crippen LogP contribution in [0.3, 0.4) is 0 Å². The zero-order valence-corrected chi connectivity index (χ0v) is 10.0. The van der Waals surface area contributed by atoms with Gasteiger partial charge in [-0.05, 0) is 31.5 Å². The van der Waals surface area contributed by atoms with Crippen LogP contribution in [0.25, 0.3) is 10.9 Å². The predicted molar refractivity (Wildman–Crippen MR) is 64.0 cm³/mol. The molecule has 0 aliphatic heterocycles. The van der Waals surface area contributed by atoms with Gasteiger partial charge >= 0.3 is 5.97 Å². The van der Waals surface area contributed by atoms with Gasteiger partial charge in [0.1, 0.15) is 5.82 Å². The highest BCUT2D eigenvalue weighted by Crippen LogP contribution is 2.22. The molecular formula is C13H12FNO3. The van der Waals surface area contributed by atoms with Crippen molar-refractivity contribution >= 4 is 22.7 Å². The van der Waals surface area contributed by atoms with Crippen LogP contribution in [-0.4, -0.2) is 23.3 Å². The zero-order chi connectivity index (χ0) is 13.3. The van der Waals surface area contributed by atoms with Crippen molar-refractivity contribution < 1.29 is 18.7 Å². The number of ether oxygens (including phenoxy) is 1. The van der Waals surface area contributed by atoms with Gasteiger partial charge in [-0.25, -0.2) is 9.18 Å². The van der Waals surface area contributed by atoms with E-state index in [1.807, 2.05) is 0 Å². The first-order valence-electron chi connectivity index (χ1n) is 5.53. The Labute approximate surface area is 103 Å². The van der Waals surface area contributed by atoms with Crippen LogP contribution in [0.5, 0.6) is 0 Å². The van der Waals surface area contributed by atoms with Crippen molar-refractivity contribution in [3.63, 3.8) is 0 Å². The van der Waals surface area contributed by atoms with Crippen molar-refractivity contribution in [2.24, 2.45) is 0 Å². The maximum atomic E-state index is 13.7. The number of hydrogen-bond acceptors (Lipinski definition) is 3. The minimum atomic E-state index is -0.968. The van der Waals surface area contributed by atoms with Gasteiger partial charge in [0.25, 0.3) is 5.78 Å². The third-order valence-electron chi connectivity index (χ3n) is 2.67. The lowest BCUT2D eigenvalue weighted by Crippen LogP contribution is -2.17. The van der Waals surface area contributed by atoms with Crippen molar-refractivity contribution in [1.82, 2.24) is 4.98 Å². The molecule has 0 bridgehead atoms. The number of ketones is 1. The van der Waals surface area contributed by atoms with E-state index in [-0.39, 0.29) is 12.2 Å². The van der Waals surface area contributed by atoms with Crippen molar-refractivity contribution in [3.8, 4) is 0 Å². The average Bonchev–Trinajstić information content (AvgIpc) is 2.71. The Hall–Kier alpha value is -2.17. The first kappa shape index (κ1) is 12.3. The minimum Gasteiger partial charge on any atom is -0.460 e. The molecule has 0 amide bonds. The number of fused-ring (bicyclic) bond motifs is 1. The van der Waals surface area contributed by atoms with Crippen LogP contribution in [-0.2, 0) is 9.53 Å². The zero-order valence-electron chi connectivity index (χ0n) is 10.0. The van der Waals surface area contributed by atoms with Crippen LogP contribution < -0.4 is 0 Å². The van der Waals surface area contributed by atoms with Gasteiger partial charge < -0.3 is 9.72 Å². The van der Waals surface area contributed by atoms with Crippen LogP contribution in [0.2, 0.25) is 0 Å². The van der Waals surface area contributed by atoms with Crippen LogP contribution in [0, 0.1) is 12.7 Å². The fourth-order valence-corrected chi connectivity index (χ4v) is 1.77. The van der Waals surface area contributed by atoms with E-state index in [0.29, 0.717) is 10.9 Å². The standard InChI is InChI=1S/C13H12FNO3/c1-3-18-13(17)12(16)8-4-9-7(2)6-15-11(9)10(14)5-8/h4-6,15H,3H2,1-2H3. The molecule has 1 aromatic heterocycles. The molecule has 0 atom stereocenters. The van der Waals surface area contributed by atoms with Crippen molar-refractivity contribution in [1.29, 1.82) is 0 Å². The number of rotatable bonds is 3. The number of benzene rings is 1. The van der Waals surface area contributed by atoms with Crippen LogP contribution in [0.1, 0.15) is 22.8 Å². The lowest BCUT2D eigenvalue weighted by atomic mass is 10.1. The summed E-state index contributed by atoms with van der Waals surface area (Å²) in [4.78, 5) is 25.8. The topological polar surface area (TPSA) is 59.2 Å². The highest BCUT2D eigenvalue weighted by atomic mass is 19.1. The van der Waals surface area contributed by atoms with Gasteiger partial charge in [0.05, 0.1) is 12.1 Å². The Morgan fingerprint density at radius 1 is 1.39 bits per heavy atom. The number of carbonyl (C=O) groups is 2. The molecule has 1 heterocycles. The summed E-state index contributed by atoms with van der Waals surface area (Å²) in [6.07, 6.45) is 1.65. The van der Waals surface area contributed by atoms with E-state index in [4.69, 9.17) is 0 Å². The molecule has 1 aromatic carbocycles. The normalized spacial score (nSPS) is 10.6. The number of aromatic nitrogens is 1. The molecule has 0 aliphatic carbocycles. The molecule has 2 rings (SSSR count). The number of H-pyrrole nitrogens is 1. The Kier molecular flexibility index (Phi) is 3.14. The van der Waals surface area contributed by atoms with Gasteiger partial charge in [-0.15, -0.1) is 0 Å². The van der Waals surface area contributed by atoms with Crippen molar-refractivity contribution in [2.45, 2.75) is 13.8 Å². The third kappa shape index (κ3) is 1.99. The molecule has 0 fully saturated rings. The highest BCUT2D eigenvalue weighted by molar-refractivity contribution is 6.40. The summed E-state index contributed by atoms with van der Waals surface area (Å²) in [5.74, 6) is -2.36. The Morgan fingerprint density at radius 2 is 2.11 bits per heavy atom. The van der Waals surface area contributed by atoms with E-state index < -0.39 is 17.6 Å². The molecule has 0 radical (unpaired) electrons. The molecule has 18 heavy (non-hydrogen) atoms. The molecule has 2 aromatic rings. The quantitative estimate of drug-likeness (QED) is 0.516. The molecule has 0 spiro atoms. The number of carbonyl (C=O) groups excluding carboxylic acids is 2. The summed E-state index contributed by atoms with van der Waals surface area (Å²) in [6.45, 7) is 3.50. The Morgan fingerprint density at radius 3 is 2.78 bits per heavy atom. The van der Waals surface area contributed by atoms with Gasteiger partial charge in [0, 0.05) is 17.1 Å². The van der Waals surface area contributed by atoms with Crippen molar-refractivity contribution in [2.75, 3.05) is 6.61 Å². The smallest absolute Gasteiger partial charge is 0.379 e. The average molecular weight is 249 g/mol. The number of nitrogens with one attached hydrogen (secondary N) is 1. The largest absolute Gasteiger partial charge is 0.460 e. The number of hydrogen-bond donors (Lipinski definition) is 1. The SMILES string of the molecule is CCOC(=O)C(=O)c1cc(F)c2[nH]cc(C)c2c1. The lowest BCUT2D eigenvalue weighted by molar-refractivity contribution is -0.137. The Balaban J connectivity index is 2.49. The third-order valence-corrected chi connectivity index (χ3v) is 2.67. The van der Waals surface area contributed by atoms with Gasteiger partial charge in [-0.1, -0.05) is 0 Å². The summed E-state index contributed by atoms with van der Waals surface area (Å²) in [5, 5.41) is 0.586. The minimum absolute atomic E-state index is 0.00106.